The average Bonchev–Trinajstić information content (AvgIpc) is 3.02. The van der Waals surface area contributed by atoms with Gasteiger partial charge in [-0.1, -0.05) is 29.8 Å². The first kappa shape index (κ1) is 22.8. The van der Waals surface area contributed by atoms with Crippen LogP contribution in [0.2, 0.25) is 5.02 Å². The number of nitrogens with zero attached hydrogens (tertiary/aromatic N) is 1. The molecule has 3 N–H and O–H groups in total. The number of para-hydroxylation sites is 1. The minimum Gasteiger partial charge on any atom is -0.387 e. The topological polar surface area (TPSA) is 73.5 Å². The van der Waals surface area contributed by atoms with Gasteiger partial charge >= 0.3 is 0 Å². The number of halogens is 1. The van der Waals surface area contributed by atoms with Crippen molar-refractivity contribution in [3.05, 3.63) is 88.4 Å². The first-order valence-corrected chi connectivity index (χ1v) is 11.4. The molecule has 1 atom stereocenters. The molecule has 33 heavy (non-hydrogen) atoms. The van der Waals surface area contributed by atoms with Gasteiger partial charge in [0, 0.05) is 41.6 Å². The Labute approximate surface area is 198 Å². The van der Waals surface area contributed by atoms with Gasteiger partial charge in [-0.15, -0.1) is 0 Å². The zero-order valence-electron chi connectivity index (χ0n) is 18.7. The minimum atomic E-state index is -0.215. The summed E-state index contributed by atoms with van der Waals surface area (Å²) in [4.78, 5) is 27.9. The molecule has 1 heterocycles. The molecule has 6 nitrogen and oxygen atoms in total. The quantitative estimate of drug-likeness (QED) is 0.478. The Hall–Kier alpha value is -3.35. The maximum Gasteiger partial charge on any atom is 0.258 e. The molecule has 0 saturated carbocycles. The Morgan fingerprint density at radius 1 is 1.00 bits per heavy atom. The van der Waals surface area contributed by atoms with Gasteiger partial charge < -0.3 is 20.9 Å². The van der Waals surface area contributed by atoms with Crippen LogP contribution in [0.3, 0.4) is 0 Å². The van der Waals surface area contributed by atoms with E-state index in [9.17, 15) is 9.59 Å². The predicted molar refractivity (Wildman–Crippen MR) is 135 cm³/mol. The monoisotopic (exact) mass is 462 g/mol. The van der Waals surface area contributed by atoms with Crippen LogP contribution in [0.4, 0.5) is 17.1 Å². The number of rotatable bonds is 5. The normalized spacial score (nSPS) is 15.4. The first-order chi connectivity index (χ1) is 16.0. The van der Waals surface area contributed by atoms with E-state index in [0.717, 1.165) is 29.8 Å². The van der Waals surface area contributed by atoms with Crippen LogP contribution in [0.5, 0.6) is 0 Å². The molecule has 3 aromatic carbocycles. The molecule has 2 amide bonds. The number of amides is 2. The number of hydrogen-bond donors (Lipinski definition) is 3. The molecule has 3 aromatic rings. The van der Waals surface area contributed by atoms with Gasteiger partial charge in [-0.3, -0.25) is 9.59 Å². The van der Waals surface area contributed by atoms with Crippen molar-refractivity contribution in [1.82, 2.24) is 5.32 Å². The van der Waals surface area contributed by atoms with Crippen LogP contribution in [0.25, 0.3) is 0 Å². The summed E-state index contributed by atoms with van der Waals surface area (Å²) in [5, 5.41) is 9.86. The molecule has 0 bridgehead atoms. The van der Waals surface area contributed by atoms with Gasteiger partial charge in [-0.25, -0.2) is 0 Å². The summed E-state index contributed by atoms with van der Waals surface area (Å²) in [5.41, 5.74) is 4.39. The summed E-state index contributed by atoms with van der Waals surface area (Å²) in [7, 11) is 3.71. The van der Waals surface area contributed by atoms with E-state index in [4.69, 9.17) is 11.6 Å². The van der Waals surface area contributed by atoms with Crippen molar-refractivity contribution < 1.29 is 9.59 Å². The van der Waals surface area contributed by atoms with E-state index in [1.54, 1.807) is 42.3 Å². The van der Waals surface area contributed by atoms with Crippen LogP contribution in [0.1, 0.15) is 45.2 Å². The molecule has 0 spiro atoms. The SMILES string of the molecule is CNc1ccccc1C(=O)Nc1ccc(C(=O)N2CCCC(NC)c3ccc(Cl)cc32)cc1. The number of carbonyl (C=O) groups excluding carboxylic acids is 2. The van der Waals surface area contributed by atoms with Crippen molar-refractivity contribution in [3.63, 3.8) is 0 Å². The van der Waals surface area contributed by atoms with Gasteiger partial charge in [-0.05, 0) is 74.0 Å². The third-order valence-electron chi connectivity index (χ3n) is 5.96. The third kappa shape index (κ3) is 4.87. The van der Waals surface area contributed by atoms with E-state index in [1.807, 2.05) is 43.4 Å². The van der Waals surface area contributed by atoms with Crippen LogP contribution in [-0.2, 0) is 0 Å². The molecule has 1 aliphatic heterocycles. The Bertz CT molecular complexity index is 1160. The van der Waals surface area contributed by atoms with Crippen LogP contribution in [-0.4, -0.2) is 32.5 Å². The third-order valence-corrected chi connectivity index (χ3v) is 6.19. The molecule has 0 saturated heterocycles. The summed E-state index contributed by atoms with van der Waals surface area (Å²) < 4.78 is 0. The summed E-state index contributed by atoms with van der Waals surface area (Å²) in [5.74, 6) is -0.304. The second kappa shape index (κ2) is 10.1. The Morgan fingerprint density at radius 3 is 2.48 bits per heavy atom. The van der Waals surface area contributed by atoms with Crippen LogP contribution < -0.4 is 20.9 Å². The van der Waals surface area contributed by atoms with E-state index < -0.39 is 0 Å². The molecule has 0 fully saturated rings. The molecule has 1 unspecified atom stereocenters. The zero-order valence-corrected chi connectivity index (χ0v) is 19.4. The Morgan fingerprint density at radius 2 is 1.76 bits per heavy atom. The number of anilines is 3. The Kier molecular flexibility index (Phi) is 6.96. The number of carbonyl (C=O) groups is 2. The molecule has 0 radical (unpaired) electrons. The van der Waals surface area contributed by atoms with E-state index in [-0.39, 0.29) is 17.9 Å². The summed E-state index contributed by atoms with van der Waals surface area (Å²) in [6.07, 6.45) is 1.82. The molecule has 0 aliphatic carbocycles. The summed E-state index contributed by atoms with van der Waals surface area (Å²) in [6.45, 7) is 0.615. The van der Waals surface area contributed by atoms with E-state index in [0.29, 0.717) is 28.4 Å². The van der Waals surface area contributed by atoms with Crippen LogP contribution in [0, 0.1) is 0 Å². The molecule has 170 valence electrons. The van der Waals surface area contributed by atoms with Crippen LogP contribution in [0.15, 0.2) is 66.7 Å². The van der Waals surface area contributed by atoms with E-state index in [2.05, 4.69) is 16.0 Å². The molecular formula is C26H27ClN4O2. The fraction of sp³-hybridized carbons (Fsp3) is 0.231. The van der Waals surface area contributed by atoms with Crippen molar-refractivity contribution in [2.75, 3.05) is 36.2 Å². The number of benzene rings is 3. The molecule has 7 heteroatoms. The van der Waals surface area contributed by atoms with Crippen molar-refractivity contribution in [3.8, 4) is 0 Å². The standard InChI is InChI=1S/C26H27ClN4O2/c1-28-22-8-5-15-31(24-16-18(27)11-14-20(22)24)26(33)17-9-12-19(13-10-17)30-25(32)21-6-3-4-7-23(21)29-2/h3-4,6-7,9-14,16,22,28-29H,5,8,15H2,1-2H3,(H,30,32). The number of fused-ring (bicyclic) bond motifs is 1. The lowest BCUT2D eigenvalue weighted by molar-refractivity contribution is 0.0985. The second-order valence-electron chi connectivity index (χ2n) is 7.97. The first-order valence-electron chi connectivity index (χ1n) is 11.0. The summed E-state index contributed by atoms with van der Waals surface area (Å²) >= 11 is 6.28. The fourth-order valence-corrected chi connectivity index (χ4v) is 4.40. The van der Waals surface area contributed by atoms with Crippen LogP contribution >= 0.6 is 11.6 Å². The van der Waals surface area contributed by atoms with Gasteiger partial charge in [-0.2, -0.15) is 0 Å². The highest BCUT2D eigenvalue weighted by atomic mass is 35.5. The summed E-state index contributed by atoms with van der Waals surface area (Å²) in [6, 6.07) is 20.2. The number of nitrogens with one attached hydrogen (secondary N) is 3. The van der Waals surface area contributed by atoms with E-state index >= 15 is 0 Å². The maximum atomic E-state index is 13.4. The van der Waals surface area contributed by atoms with Crippen molar-refractivity contribution in [2.45, 2.75) is 18.9 Å². The second-order valence-corrected chi connectivity index (χ2v) is 8.41. The fourth-order valence-electron chi connectivity index (χ4n) is 4.24. The van der Waals surface area contributed by atoms with Gasteiger partial charge in [0.15, 0.2) is 0 Å². The molecule has 0 aromatic heterocycles. The lowest BCUT2D eigenvalue weighted by Crippen LogP contribution is -2.31. The lowest BCUT2D eigenvalue weighted by atomic mass is 10.0. The zero-order chi connectivity index (χ0) is 23.4. The number of hydrogen-bond acceptors (Lipinski definition) is 4. The largest absolute Gasteiger partial charge is 0.387 e. The van der Waals surface area contributed by atoms with Crippen molar-refractivity contribution in [1.29, 1.82) is 0 Å². The maximum absolute atomic E-state index is 13.4. The molecule has 4 rings (SSSR count). The Balaban J connectivity index is 1.55. The predicted octanol–water partition coefficient (Wildman–Crippen LogP) is 5.34. The smallest absolute Gasteiger partial charge is 0.258 e. The van der Waals surface area contributed by atoms with Gasteiger partial charge in [0.05, 0.1) is 11.3 Å². The highest BCUT2D eigenvalue weighted by molar-refractivity contribution is 6.31. The van der Waals surface area contributed by atoms with Gasteiger partial charge in [0.2, 0.25) is 0 Å². The van der Waals surface area contributed by atoms with Gasteiger partial charge in [0.25, 0.3) is 11.8 Å². The lowest BCUT2D eigenvalue weighted by Gasteiger charge is -2.24. The highest BCUT2D eigenvalue weighted by Crippen LogP contribution is 2.35. The highest BCUT2D eigenvalue weighted by Gasteiger charge is 2.27. The van der Waals surface area contributed by atoms with Gasteiger partial charge in [0.1, 0.15) is 0 Å². The van der Waals surface area contributed by atoms with Crippen molar-refractivity contribution >= 4 is 40.5 Å². The molecule has 1 aliphatic rings. The van der Waals surface area contributed by atoms with E-state index in [1.165, 1.54) is 0 Å². The van der Waals surface area contributed by atoms with Crippen molar-refractivity contribution in [2.24, 2.45) is 0 Å². The minimum absolute atomic E-state index is 0.0892. The average molecular weight is 463 g/mol. The molecular weight excluding hydrogens is 436 g/mol.